The zero-order valence-electron chi connectivity index (χ0n) is 16.0. The number of hydrogen-bond acceptors (Lipinski definition) is 5. The minimum atomic E-state index is -0.587. The molecule has 3 atom stereocenters. The summed E-state index contributed by atoms with van der Waals surface area (Å²) in [4.78, 5) is 0. The Morgan fingerprint density at radius 3 is 2.04 bits per heavy atom. The molecule has 0 bridgehead atoms. The molecule has 23 heavy (non-hydrogen) atoms. The maximum Gasteiger partial charge on any atom is 0.101 e. The monoisotopic (exact) mass is 334 g/mol. The summed E-state index contributed by atoms with van der Waals surface area (Å²) in [6.07, 6.45) is 3.43. The van der Waals surface area contributed by atoms with Gasteiger partial charge in [0.15, 0.2) is 0 Å². The lowest BCUT2D eigenvalue weighted by molar-refractivity contribution is -0.120. The molecule has 0 aromatic heterocycles. The summed E-state index contributed by atoms with van der Waals surface area (Å²) < 4.78 is 22.5. The quantitative estimate of drug-likeness (QED) is 0.498. The molecule has 0 saturated carbocycles. The minimum absolute atomic E-state index is 0.0114. The van der Waals surface area contributed by atoms with Crippen molar-refractivity contribution < 1.29 is 24.1 Å². The molecule has 0 aromatic rings. The van der Waals surface area contributed by atoms with Crippen LogP contribution in [0.5, 0.6) is 0 Å². The lowest BCUT2D eigenvalue weighted by Crippen LogP contribution is -2.34. The largest absolute Gasteiger partial charge is 0.388 e. The number of ether oxygens (including phenoxy) is 4. The van der Waals surface area contributed by atoms with Crippen molar-refractivity contribution in [2.75, 3.05) is 33.5 Å². The molecule has 0 radical (unpaired) electrons. The molecule has 5 nitrogen and oxygen atoms in total. The van der Waals surface area contributed by atoms with E-state index in [0.717, 1.165) is 25.7 Å². The van der Waals surface area contributed by atoms with Crippen LogP contribution in [0.15, 0.2) is 0 Å². The Hall–Kier alpha value is -0.200. The number of aliphatic hydroxyl groups is 1. The second-order valence-electron chi connectivity index (χ2n) is 6.67. The zero-order chi connectivity index (χ0) is 17.7. The highest BCUT2D eigenvalue weighted by molar-refractivity contribution is 4.71. The van der Waals surface area contributed by atoms with E-state index in [1.54, 1.807) is 7.11 Å². The second-order valence-corrected chi connectivity index (χ2v) is 6.67. The maximum absolute atomic E-state index is 9.61. The highest BCUT2D eigenvalue weighted by atomic mass is 16.6. The van der Waals surface area contributed by atoms with Crippen LogP contribution in [0.4, 0.5) is 0 Å². The van der Waals surface area contributed by atoms with E-state index in [-0.39, 0.29) is 31.0 Å². The fraction of sp³-hybridized carbons (Fsp3) is 1.00. The van der Waals surface area contributed by atoms with Gasteiger partial charge in [-0.25, -0.2) is 0 Å². The van der Waals surface area contributed by atoms with Crippen LogP contribution < -0.4 is 0 Å². The standard InChI is InChI=1S/C18H38O5/c1-7-10-18(4,5)23-17(9-3)14-21-13-16(8-2)22-12-15(19)11-20-6/h15-17,19H,7-14H2,1-6H3. The Morgan fingerprint density at radius 2 is 1.52 bits per heavy atom. The van der Waals surface area contributed by atoms with E-state index in [0.29, 0.717) is 13.2 Å². The summed E-state index contributed by atoms with van der Waals surface area (Å²) in [5, 5.41) is 9.61. The van der Waals surface area contributed by atoms with Gasteiger partial charge in [-0.3, -0.25) is 0 Å². The van der Waals surface area contributed by atoms with Gasteiger partial charge in [0.25, 0.3) is 0 Å². The van der Waals surface area contributed by atoms with E-state index in [9.17, 15) is 5.11 Å². The Labute approximate surface area is 142 Å². The third-order valence-electron chi connectivity index (χ3n) is 3.74. The summed E-state index contributed by atoms with van der Waals surface area (Å²) in [6.45, 7) is 12.3. The molecule has 0 aromatic carbocycles. The van der Waals surface area contributed by atoms with Crippen LogP contribution in [0.3, 0.4) is 0 Å². The second kappa shape index (κ2) is 13.1. The third kappa shape index (κ3) is 11.9. The fourth-order valence-electron chi connectivity index (χ4n) is 2.45. The van der Waals surface area contributed by atoms with Crippen molar-refractivity contribution in [3.63, 3.8) is 0 Å². The van der Waals surface area contributed by atoms with E-state index in [1.165, 1.54) is 0 Å². The van der Waals surface area contributed by atoms with Gasteiger partial charge in [-0.2, -0.15) is 0 Å². The van der Waals surface area contributed by atoms with Crippen molar-refractivity contribution in [1.82, 2.24) is 0 Å². The van der Waals surface area contributed by atoms with Crippen LogP contribution in [-0.4, -0.2) is 62.6 Å². The number of methoxy groups -OCH3 is 1. The molecule has 0 fully saturated rings. The van der Waals surface area contributed by atoms with Gasteiger partial charge in [-0.15, -0.1) is 0 Å². The van der Waals surface area contributed by atoms with Crippen LogP contribution >= 0.6 is 0 Å². The number of rotatable bonds is 15. The van der Waals surface area contributed by atoms with Crippen LogP contribution in [0.1, 0.15) is 60.3 Å². The van der Waals surface area contributed by atoms with Crippen molar-refractivity contribution in [3.8, 4) is 0 Å². The van der Waals surface area contributed by atoms with Crippen molar-refractivity contribution in [2.24, 2.45) is 0 Å². The van der Waals surface area contributed by atoms with Gasteiger partial charge in [0.1, 0.15) is 6.10 Å². The van der Waals surface area contributed by atoms with Gasteiger partial charge >= 0.3 is 0 Å². The van der Waals surface area contributed by atoms with Gasteiger partial charge in [0, 0.05) is 7.11 Å². The third-order valence-corrected chi connectivity index (χ3v) is 3.74. The smallest absolute Gasteiger partial charge is 0.101 e. The van der Waals surface area contributed by atoms with E-state index < -0.39 is 6.10 Å². The summed E-state index contributed by atoms with van der Waals surface area (Å²) in [7, 11) is 1.56. The predicted octanol–water partition coefficient (Wildman–Crippen LogP) is 3.18. The molecule has 0 rings (SSSR count). The molecule has 0 amide bonds. The molecule has 1 N–H and O–H groups in total. The molecule has 0 aliphatic rings. The van der Waals surface area contributed by atoms with Crippen LogP contribution in [0, 0.1) is 0 Å². The first-order chi connectivity index (χ1) is 10.9. The van der Waals surface area contributed by atoms with Crippen LogP contribution in [-0.2, 0) is 18.9 Å². The highest BCUT2D eigenvalue weighted by Gasteiger charge is 2.22. The van der Waals surface area contributed by atoms with Crippen molar-refractivity contribution in [3.05, 3.63) is 0 Å². The summed E-state index contributed by atoms with van der Waals surface area (Å²) in [5.41, 5.74) is -0.107. The van der Waals surface area contributed by atoms with E-state index in [1.807, 2.05) is 0 Å². The van der Waals surface area contributed by atoms with Crippen molar-refractivity contribution in [2.45, 2.75) is 84.2 Å². The summed E-state index contributed by atoms with van der Waals surface area (Å²) >= 11 is 0. The number of aliphatic hydroxyl groups excluding tert-OH is 1. The Balaban J connectivity index is 4.06. The van der Waals surface area contributed by atoms with Crippen molar-refractivity contribution in [1.29, 1.82) is 0 Å². The first-order valence-corrected chi connectivity index (χ1v) is 8.92. The molecule has 0 aliphatic carbocycles. The average molecular weight is 334 g/mol. The van der Waals surface area contributed by atoms with Crippen LogP contribution in [0.2, 0.25) is 0 Å². The van der Waals surface area contributed by atoms with Crippen molar-refractivity contribution >= 4 is 0 Å². The fourth-order valence-corrected chi connectivity index (χ4v) is 2.45. The van der Waals surface area contributed by atoms with E-state index >= 15 is 0 Å². The zero-order valence-corrected chi connectivity index (χ0v) is 16.0. The van der Waals surface area contributed by atoms with Gasteiger partial charge in [-0.05, 0) is 33.1 Å². The first-order valence-electron chi connectivity index (χ1n) is 8.92. The Morgan fingerprint density at radius 1 is 0.913 bits per heavy atom. The van der Waals surface area contributed by atoms with Crippen LogP contribution in [0.25, 0.3) is 0 Å². The molecule has 140 valence electrons. The topological polar surface area (TPSA) is 57.2 Å². The molecular formula is C18H38O5. The van der Waals surface area contributed by atoms with Gasteiger partial charge in [0.05, 0.1) is 44.2 Å². The Kier molecular flexibility index (Phi) is 13.0. The Bertz CT molecular complexity index is 270. The molecule has 0 saturated heterocycles. The summed E-state index contributed by atoms with van der Waals surface area (Å²) in [6, 6.07) is 0. The highest BCUT2D eigenvalue weighted by Crippen LogP contribution is 2.20. The molecular weight excluding hydrogens is 296 g/mol. The van der Waals surface area contributed by atoms with E-state index in [2.05, 4.69) is 34.6 Å². The SMILES string of the molecule is CCCC(C)(C)OC(CC)COCC(CC)OCC(O)COC. The number of hydrogen-bond donors (Lipinski definition) is 1. The first kappa shape index (κ1) is 22.8. The minimum Gasteiger partial charge on any atom is -0.388 e. The lowest BCUT2D eigenvalue weighted by atomic mass is 10.0. The van der Waals surface area contributed by atoms with Gasteiger partial charge in [-0.1, -0.05) is 27.2 Å². The molecule has 5 heteroatoms. The predicted molar refractivity (Wildman–Crippen MR) is 92.9 cm³/mol. The maximum atomic E-state index is 9.61. The molecule has 0 aliphatic heterocycles. The van der Waals surface area contributed by atoms with Gasteiger partial charge in [0.2, 0.25) is 0 Å². The van der Waals surface area contributed by atoms with Gasteiger partial charge < -0.3 is 24.1 Å². The normalized spacial score (nSPS) is 16.3. The summed E-state index contributed by atoms with van der Waals surface area (Å²) in [5.74, 6) is 0. The van der Waals surface area contributed by atoms with E-state index in [4.69, 9.17) is 18.9 Å². The average Bonchev–Trinajstić information content (AvgIpc) is 2.49. The molecule has 0 spiro atoms. The molecule has 3 unspecified atom stereocenters. The molecule has 0 heterocycles. The lowest BCUT2D eigenvalue weighted by Gasteiger charge is -2.30.